The molecule has 1 aromatic heterocycles. The monoisotopic (exact) mass is 879 g/mol. The molecule has 0 radical (unpaired) electrons. The second kappa shape index (κ2) is 13.9. The highest BCUT2D eigenvalue weighted by molar-refractivity contribution is 7.33. The molecule has 0 fully saturated rings. The summed E-state index contributed by atoms with van der Waals surface area (Å²) in [7, 11) is 0. The molecule has 2 aliphatic heterocycles. The fourth-order valence-electron chi connectivity index (χ4n) is 12.4. The Morgan fingerprint density at radius 2 is 1.02 bits per heavy atom. The lowest BCUT2D eigenvalue weighted by molar-refractivity contribution is 0.332. The number of thiophene rings is 1. The van der Waals surface area contributed by atoms with Gasteiger partial charge in [-0.2, -0.15) is 0 Å². The maximum atomic E-state index is 2.71. The first-order valence-corrected chi connectivity index (χ1v) is 25.6. The van der Waals surface area contributed by atoms with Crippen LogP contribution in [0.3, 0.4) is 0 Å². The molecular weight excluding hydrogens is 804 g/mol. The molecule has 0 amide bonds. The summed E-state index contributed by atoms with van der Waals surface area (Å²) in [5.74, 6) is 0. The van der Waals surface area contributed by atoms with E-state index in [9.17, 15) is 0 Å². The average molecular weight is 879 g/mol. The molecule has 2 aliphatic carbocycles. The topological polar surface area (TPSA) is 6.48 Å². The van der Waals surface area contributed by atoms with Crippen LogP contribution in [0.5, 0.6) is 0 Å². The molecule has 0 saturated heterocycles. The molecule has 4 heteroatoms. The normalized spacial score (nSPS) is 19.1. The van der Waals surface area contributed by atoms with E-state index in [0.29, 0.717) is 0 Å². The van der Waals surface area contributed by atoms with E-state index >= 15 is 0 Å². The van der Waals surface area contributed by atoms with Crippen LogP contribution in [0.1, 0.15) is 188 Å². The van der Waals surface area contributed by atoms with Crippen molar-refractivity contribution in [3.63, 3.8) is 0 Å². The van der Waals surface area contributed by atoms with Gasteiger partial charge in [-0.25, -0.2) is 0 Å². The zero-order chi connectivity index (χ0) is 46.9. The Morgan fingerprint density at radius 1 is 0.492 bits per heavy atom. The highest BCUT2D eigenvalue weighted by Crippen LogP contribution is 2.54. The highest BCUT2D eigenvalue weighted by atomic mass is 32.1. The lowest BCUT2D eigenvalue weighted by Crippen LogP contribution is -2.61. The van der Waals surface area contributed by atoms with Gasteiger partial charge in [0.25, 0.3) is 6.71 Å². The number of aryl methyl sites for hydroxylation is 1. The van der Waals surface area contributed by atoms with E-state index in [2.05, 4.69) is 213 Å². The zero-order valence-corrected chi connectivity index (χ0v) is 44.0. The van der Waals surface area contributed by atoms with E-state index in [1.165, 1.54) is 130 Å². The number of fused-ring (bicyclic) bond motifs is 8. The minimum Gasteiger partial charge on any atom is -0.311 e. The fourth-order valence-corrected chi connectivity index (χ4v) is 13.7. The number of hydrogen-bond donors (Lipinski definition) is 0. The van der Waals surface area contributed by atoms with Crippen molar-refractivity contribution < 1.29 is 0 Å². The summed E-state index contributed by atoms with van der Waals surface area (Å²) >= 11 is 2.03. The van der Waals surface area contributed by atoms with Crippen molar-refractivity contribution in [3.8, 4) is 0 Å². The number of anilines is 6. The number of benzene rings is 5. The lowest BCUT2D eigenvalue weighted by atomic mass is 9.35. The molecule has 0 saturated carbocycles. The van der Waals surface area contributed by atoms with Gasteiger partial charge < -0.3 is 9.80 Å². The van der Waals surface area contributed by atoms with Gasteiger partial charge >= 0.3 is 0 Å². The van der Waals surface area contributed by atoms with Gasteiger partial charge in [0.1, 0.15) is 0 Å². The molecular formula is C61H75BN2S. The predicted molar refractivity (Wildman–Crippen MR) is 287 cm³/mol. The maximum Gasteiger partial charge on any atom is 0.264 e. The zero-order valence-electron chi connectivity index (χ0n) is 43.2. The Morgan fingerprint density at radius 3 is 1.60 bits per heavy atom. The van der Waals surface area contributed by atoms with E-state index in [-0.39, 0.29) is 44.6 Å². The molecule has 2 nitrogen and oxygen atoms in total. The number of hydrogen-bond acceptors (Lipinski definition) is 3. The van der Waals surface area contributed by atoms with Gasteiger partial charge in [0, 0.05) is 43.3 Å². The molecule has 65 heavy (non-hydrogen) atoms. The fraction of sp³-hybridized carbons (Fsp3) is 0.475. The van der Waals surface area contributed by atoms with Crippen LogP contribution in [0, 0.1) is 6.92 Å². The number of nitrogens with zero attached hydrogens (tertiary/aromatic N) is 2. The molecule has 6 aromatic rings. The van der Waals surface area contributed by atoms with Gasteiger partial charge in [-0.1, -0.05) is 142 Å². The third-order valence-electron chi connectivity index (χ3n) is 16.6. The lowest BCUT2D eigenvalue weighted by Gasteiger charge is -2.47. The molecule has 0 unspecified atom stereocenters. The Labute approximate surface area is 397 Å². The Balaban J connectivity index is 1.35. The van der Waals surface area contributed by atoms with Crippen LogP contribution >= 0.6 is 11.3 Å². The van der Waals surface area contributed by atoms with Crippen molar-refractivity contribution in [2.24, 2.45) is 0 Å². The summed E-state index contributed by atoms with van der Waals surface area (Å²) in [5, 5.41) is 1.37. The van der Waals surface area contributed by atoms with E-state index in [1.54, 1.807) is 0 Å². The van der Waals surface area contributed by atoms with Gasteiger partial charge in [-0.3, -0.25) is 0 Å². The first-order chi connectivity index (χ1) is 30.0. The van der Waals surface area contributed by atoms with Gasteiger partial charge in [0.15, 0.2) is 0 Å². The third-order valence-corrected chi connectivity index (χ3v) is 17.8. The molecule has 0 spiro atoms. The van der Waals surface area contributed by atoms with Gasteiger partial charge in [0.2, 0.25) is 0 Å². The second-order valence-corrected chi connectivity index (χ2v) is 27.6. The second-order valence-electron chi connectivity index (χ2n) is 26.5. The summed E-state index contributed by atoms with van der Waals surface area (Å²) in [6.45, 7) is 43.6. The molecule has 0 bridgehead atoms. The van der Waals surface area contributed by atoms with Crippen molar-refractivity contribution in [2.75, 3.05) is 9.80 Å². The van der Waals surface area contributed by atoms with E-state index < -0.39 is 0 Å². The summed E-state index contributed by atoms with van der Waals surface area (Å²) in [4.78, 5) is 5.42. The smallest absolute Gasteiger partial charge is 0.264 e. The minimum atomic E-state index is -0.0356. The van der Waals surface area contributed by atoms with E-state index in [0.717, 1.165) is 0 Å². The molecule has 0 atom stereocenters. The van der Waals surface area contributed by atoms with Crippen LogP contribution in [0.25, 0.3) is 10.1 Å². The quantitative estimate of drug-likeness (QED) is 0.160. The van der Waals surface area contributed by atoms with Crippen molar-refractivity contribution >= 4 is 78.0 Å². The van der Waals surface area contributed by atoms with Gasteiger partial charge in [-0.15, -0.1) is 11.3 Å². The van der Waals surface area contributed by atoms with E-state index in [4.69, 9.17) is 0 Å². The molecule has 338 valence electrons. The Hall–Kier alpha value is -4.28. The predicted octanol–water partition coefficient (Wildman–Crippen LogP) is 15.9. The van der Waals surface area contributed by atoms with Crippen molar-refractivity contribution in [1.82, 2.24) is 0 Å². The Bertz CT molecular complexity index is 2970. The first-order valence-electron chi connectivity index (χ1n) is 24.8. The molecule has 0 N–H and O–H groups in total. The summed E-state index contributed by atoms with van der Waals surface area (Å²) in [6.07, 6.45) is 4.78. The standard InChI is InChI=1S/C61H75BN2S/c1-36-29-49-52-50(30-36)64(39-20-22-41(56(5,6)7)43(32-39)57(8,9)10)53-40-31-37(55(2,3)4)19-24-51(40)65-54(53)62(52)47-34-45-46(61(17,18)28-27-60(45,15)16)35-48(47)63(49)38-21-23-42-44(33-38)59(13,14)26-25-58(42,11)12/h19-24,29-35H,25-28H2,1-18H3. The van der Waals surface area contributed by atoms with Crippen molar-refractivity contribution in [3.05, 3.63) is 123 Å². The van der Waals surface area contributed by atoms with Gasteiger partial charge in [-0.05, 0) is 181 Å². The van der Waals surface area contributed by atoms with Crippen LogP contribution in [-0.4, -0.2) is 6.71 Å². The average Bonchev–Trinajstić information content (AvgIpc) is 3.58. The van der Waals surface area contributed by atoms with Crippen LogP contribution in [0.2, 0.25) is 0 Å². The minimum absolute atomic E-state index is 0.0167. The van der Waals surface area contributed by atoms with Crippen LogP contribution in [0.4, 0.5) is 34.1 Å². The van der Waals surface area contributed by atoms with Crippen LogP contribution in [0.15, 0.2) is 78.9 Å². The van der Waals surface area contributed by atoms with Crippen molar-refractivity contribution in [1.29, 1.82) is 0 Å². The SMILES string of the molecule is Cc1cc2c3c(c1)N(c1ccc(C(C)(C)C)c(C(C)(C)C)c1)c1c(sc4ccc(C(C)(C)C)cc14)B3c1cc3c(cc1N2c1ccc2c(c1)C(C)(C)CCC2(C)C)C(C)(C)CCC3(C)C. The van der Waals surface area contributed by atoms with E-state index in [1.807, 2.05) is 11.3 Å². The van der Waals surface area contributed by atoms with Crippen LogP contribution in [-0.2, 0) is 37.9 Å². The summed E-state index contributed by atoms with van der Waals surface area (Å²) < 4.78 is 2.83. The molecule has 4 aliphatic rings. The van der Waals surface area contributed by atoms with Crippen LogP contribution < -0.4 is 25.5 Å². The van der Waals surface area contributed by atoms with Crippen molar-refractivity contribution in [2.45, 2.75) is 188 Å². The maximum absolute atomic E-state index is 2.71. The summed E-state index contributed by atoms with van der Waals surface area (Å²) in [5.41, 5.74) is 22.7. The molecule has 10 rings (SSSR count). The Kier molecular flexibility index (Phi) is 9.53. The number of rotatable bonds is 2. The molecule has 5 aromatic carbocycles. The van der Waals surface area contributed by atoms with Gasteiger partial charge in [0.05, 0.1) is 5.69 Å². The largest absolute Gasteiger partial charge is 0.311 e. The molecule has 3 heterocycles. The summed E-state index contributed by atoms with van der Waals surface area (Å²) in [6, 6.07) is 32.8. The highest BCUT2D eigenvalue weighted by Gasteiger charge is 2.49. The third kappa shape index (κ3) is 6.83. The first kappa shape index (κ1) is 44.6.